The van der Waals surface area contributed by atoms with Gasteiger partial charge in [0, 0.05) is 24.2 Å². The van der Waals surface area contributed by atoms with Gasteiger partial charge in [0.25, 0.3) is 0 Å². The first-order chi connectivity index (χ1) is 8.20. The standard InChI is InChI=1S/C14H21ClN2/c1-3-12-8-16-9-14(12)17(2)10-11-4-6-13(15)7-5-11/h4-7,12,14,16H,3,8-10H2,1-2H3. The third kappa shape index (κ3) is 3.21. The van der Waals surface area contributed by atoms with Crippen molar-refractivity contribution in [2.75, 3.05) is 20.1 Å². The highest BCUT2D eigenvalue weighted by Gasteiger charge is 2.28. The summed E-state index contributed by atoms with van der Waals surface area (Å²) in [5.41, 5.74) is 1.33. The van der Waals surface area contributed by atoms with E-state index in [1.54, 1.807) is 0 Å². The lowest BCUT2D eigenvalue weighted by Crippen LogP contribution is -2.37. The van der Waals surface area contributed by atoms with E-state index in [0.29, 0.717) is 6.04 Å². The van der Waals surface area contributed by atoms with Crippen molar-refractivity contribution in [3.8, 4) is 0 Å². The minimum Gasteiger partial charge on any atom is -0.315 e. The van der Waals surface area contributed by atoms with Crippen LogP contribution in [0.4, 0.5) is 0 Å². The van der Waals surface area contributed by atoms with Crippen LogP contribution < -0.4 is 5.32 Å². The third-order valence-electron chi connectivity index (χ3n) is 3.74. The molecular weight excluding hydrogens is 232 g/mol. The van der Waals surface area contributed by atoms with Gasteiger partial charge in [0.15, 0.2) is 0 Å². The second-order valence-electron chi connectivity index (χ2n) is 4.94. The fourth-order valence-electron chi connectivity index (χ4n) is 2.65. The van der Waals surface area contributed by atoms with Crippen LogP contribution in [0.5, 0.6) is 0 Å². The average molecular weight is 253 g/mol. The molecule has 1 aromatic carbocycles. The summed E-state index contributed by atoms with van der Waals surface area (Å²) in [5, 5.41) is 4.30. The number of nitrogens with zero attached hydrogens (tertiary/aromatic N) is 1. The average Bonchev–Trinajstić information content (AvgIpc) is 2.80. The van der Waals surface area contributed by atoms with Crippen LogP contribution in [0.3, 0.4) is 0 Å². The monoisotopic (exact) mass is 252 g/mol. The summed E-state index contributed by atoms with van der Waals surface area (Å²) >= 11 is 5.90. The molecule has 1 saturated heterocycles. The topological polar surface area (TPSA) is 15.3 Å². The third-order valence-corrected chi connectivity index (χ3v) is 3.99. The van der Waals surface area contributed by atoms with Gasteiger partial charge < -0.3 is 5.32 Å². The molecule has 1 aliphatic heterocycles. The van der Waals surface area contributed by atoms with E-state index < -0.39 is 0 Å². The highest BCUT2D eigenvalue weighted by Crippen LogP contribution is 2.20. The molecular formula is C14H21ClN2. The van der Waals surface area contributed by atoms with Gasteiger partial charge in [0.1, 0.15) is 0 Å². The molecule has 3 heteroatoms. The maximum absolute atomic E-state index is 5.90. The van der Waals surface area contributed by atoms with Crippen molar-refractivity contribution in [2.24, 2.45) is 5.92 Å². The van der Waals surface area contributed by atoms with Crippen LogP contribution >= 0.6 is 11.6 Å². The number of rotatable bonds is 4. The van der Waals surface area contributed by atoms with Crippen molar-refractivity contribution in [3.63, 3.8) is 0 Å². The Bertz CT molecular complexity index is 350. The lowest BCUT2D eigenvalue weighted by atomic mass is 9.99. The molecule has 2 atom stereocenters. The molecule has 1 heterocycles. The zero-order chi connectivity index (χ0) is 12.3. The van der Waals surface area contributed by atoms with Gasteiger partial charge in [0.2, 0.25) is 0 Å². The molecule has 2 rings (SSSR count). The van der Waals surface area contributed by atoms with Crippen LogP contribution in [0.2, 0.25) is 5.02 Å². The van der Waals surface area contributed by atoms with Crippen molar-refractivity contribution in [1.29, 1.82) is 0 Å². The maximum atomic E-state index is 5.90. The Kier molecular flexibility index (Phi) is 4.43. The maximum Gasteiger partial charge on any atom is 0.0406 e. The molecule has 94 valence electrons. The molecule has 0 spiro atoms. The summed E-state index contributed by atoms with van der Waals surface area (Å²) in [6, 6.07) is 8.82. The Hall–Kier alpha value is -0.570. The van der Waals surface area contributed by atoms with Crippen molar-refractivity contribution >= 4 is 11.6 Å². The predicted octanol–water partition coefficient (Wildman–Crippen LogP) is 2.77. The molecule has 17 heavy (non-hydrogen) atoms. The first kappa shape index (κ1) is 12.9. The van der Waals surface area contributed by atoms with Crippen molar-refractivity contribution < 1.29 is 0 Å². The van der Waals surface area contributed by atoms with E-state index in [2.05, 4.69) is 36.3 Å². The van der Waals surface area contributed by atoms with Gasteiger partial charge in [-0.1, -0.05) is 37.1 Å². The molecule has 0 amide bonds. The molecule has 2 nitrogen and oxygen atoms in total. The normalized spacial score (nSPS) is 24.5. The zero-order valence-electron chi connectivity index (χ0n) is 10.6. The second-order valence-corrected chi connectivity index (χ2v) is 5.37. The van der Waals surface area contributed by atoms with E-state index in [9.17, 15) is 0 Å². The molecule has 1 aliphatic rings. The number of halogens is 1. The molecule has 0 radical (unpaired) electrons. The minimum absolute atomic E-state index is 0.663. The van der Waals surface area contributed by atoms with E-state index in [-0.39, 0.29) is 0 Å². The summed E-state index contributed by atoms with van der Waals surface area (Å²) in [7, 11) is 2.22. The lowest BCUT2D eigenvalue weighted by Gasteiger charge is -2.28. The van der Waals surface area contributed by atoms with Gasteiger partial charge in [-0.25, -0.2) is 0 Å². The summed E-state index contributed by atoms with van der Waals surface area (Å²) in [6.07, 6.45) is 1.25. The quantitative estimate of drug-likeness (QED) is 0.887. The number of hydrogen-bond acceptors (Lipinski definition) is 2. The van der Waals surface area contributed by atoms with Gasteiger partial charge in [-0.3, -0.25) is 4.90 Å². The van der Waals surface area contributed by atoms with E-state index in [4.69, 9.17) is 11.6 Å². The van der Waals surface area contributed by atoms with Crippen molar-refractivity contribution in [2.45, 2.75) is 25.9 Å². The second kappa shape index (κ2) is 5.85. The molecule has 2 unspecified atom stereocenters. The van der Waals surface area contributed by atoms with Crippen molar-refractivity contribution in [3.05, 3.63) is 34.9 Å². The van der Waals surface area contributed by atoms with Crippen LogP contribution in [0.1, 0.15) is 18.9 Å². The molecule has 0 aliphatic carbocycles. The van der Waals surface area contributed by atoms with Gasteiger partial charge in [-0.15, -0.1) is 0 Å². The number of likely N-dealkylation sites (N-methyl/N-ethyl adjacent to an activating group) is 1. The van der Waals surface area contributed by atoms with E-state index in [0.717, 1.165) is 30.6 Å². The molecule has 1 fully saturated rings. The zero-order valence-corrected chi connectivity index (χ0v) is 11.4. The smallest absolute Gasteiger partial charge is 0.0406 e. The van der Waals surface area contributed by atoms with Crippen molar-refractivity contribution in [1.82, 2.24) is 10.2 Å². The fourth-order valence-corrected chi connectivity index (χ4v) is 2.77. The van der Waals surface area contributed by atoms with Crippen LogP contribution in [-0.2, 0) is 6.54 Å². The predicted molar refractivity (Wildman–Crippen MR) is 73.4 cm³/mol. The Morgan fingerprint density at radius 2 is 2.00 bits per heavy atom. The summed E-state index contributed by atoms with van der Waals surface area (Å²) in [6.45, 7) is 5.55. The molecule has 1 N–H and O–H groups in total. The first-order valence-electron chi connectivity index (χ1n) is 6.36. The summed E-state index contributed by atoms with van der Waals surface area (Å²) < 4.78 is 0. The van der Waals surface area contributed by atoms with Crippen LogP contribution in [0.25, 0.3) is 0 Å². The van der Waals surface area contributed by atoms with Crippen LogP contribution in [0, 0.1) is 5.92 Å². The first-order valence-corrected chi connectivity index (χ1v) is 6.74. The van der Waals surface area contributed by atoms with Gasteiger partial charge in [0.05, 0.1) is 0 Å². The number of hydrogen-bond donors (Lipinski definition) is 1. The highest BCUT2D eigenvalue weighted by molar-refractivity contribution is 6.30. The SMILES string of the molecule is CCC1CNCC1N(C)Cc1ccc(Cl)cc1. The largest absolute Gasteiger partial charge is 0.315 e. The van der Waals surface area contributed by atoms with E-state index in [1.807, 2.05) is 12.1 Å². The van der Waals surface area contributed by atoms with E-state index in [1.165, 1.54) is 12.0 Å². The molecule has 0 aromatic heterocycles. The van der Waals surface area contributed by atoms with Gasteiger partial charge >= 0.3 is 0 Å². The highest BCUT2D eigenvalue weighted by atomic mass is 35.5. The van der Waals surface area contributed by atoms with Gasteiger partial charge in [-0.05, 0) is 37.2 Å². The fraction of sp³-hybridized carbons (Fsp3) is 0.571. The number of benzene rings is 1. The molecule has 1 aromatic rings. The Morgan fingerprint density at radius 3 is 2.65 bits per heavy atom. The van der Waals surface area contributed by atoms with E-state index >= 15 is 0 Å². The summed E-state index contributed by atoms with van der Waals surface area (Å²) in [5.74, 6) is 0.785. The minimum atomic E-state index is 0.663. The molecule has 0 saturated carbocycles. The summed E-state index contributed by atoms with van der Waals surface area (Å²) in [4.78, 5) is 2.46. The Balaban J connectivity index is 1.96. The van der Waals surface area contributed by atoms with Crippen LogP contribution in [-0.4, -0.2) is 31.1 Å². The number of nitrogens with one attached hydrogen (secondary N) is 1. The lowest BCUT2D eigenvalue weighted by molar-refractivity contribution is 0.201. The Labute approximate surface area is 109 Å². The Morgan fingerprint density at radius 1 is 1.29 bits per heavy atom. The molecule has 0 bridgehead atoms. The van der Waals surface area contributed by atoms with Crippen LogP contribution in [0.15, 0.2) is 24.3 Å². The van der Waals surface area contributed by atoms with Gasteiger partial charge in [-0.2, -0.15) is 0 Å².